The Morgan fingerprint density at radius 1 is 1.00 bits per heavy atom. The fourth-order valence-corrected chi connectivity index (χ4v) is 1.18. The zero-order valence-electron chi connectivity index (χ0n) is 8.12. The second-order valence-corrected chi connectivity index (χ2v) is 2.67. The van der Waals surface area contributed by atoms with E-state index in [9.17, 15) is 0 Å². The molecule has 0 N–H and O–H groups in total. The summed E-state index contributed by atoms with van der Waals surface area (Å²) in [7, 11) is 0. The van der Waals surface area contributed by atoms with Gasteiger partial charge in [-0.05, 0) is 0 Å². The summed E-state index contributed by atoms with van der Waals surface area (Å²) in [5, 5.41) is 2.47. The van der Waals surface area contributed by atoms with Gasteiger partial charge in [0.2, 0.25) is 0 Å². The van der Waals surface area contributed by atoms with Crippen LogP contribution in [-0.2, 0) is 98.1 Å². The van der Waals surface area contributed by atoms with E-state index in [0.29, 0.717) is 0 Å². The van der Waals surface area contributed by atoms with Gasteiger partial charge in [-0.25, -0.2) is 0 Å². The molecule has 0 amide bonds. The van der Waals surface area contributed by atoms with Crippen LogP contribution in [0.15, 0.2) is 30.3 Å². The van der Waals surface area contributed by atoms with Gasteiger partial charge in [0.15, 0.2) is 0 Å². The minimum atomic E-state index is 0. The number of hydrogen-bond acceptors (Lipinski definition) is 0. The molecular formula is C11H8Y3-2. The number of aryl methyl sites for hydroxylation is 1. The van der Waals surface area contributed by atoms with Crippen LogP contribution < -0.4 is 0 Å². The summed E-state index contributed by atoms with van der Waals surface area (Å²) in [6.07, 6.45) is 0. The standard InChI is InChI=1S/C11H8.3Y/c1-9-6-7-10-4-2-3-5-11(10)8-9;;;/h3-5,7-8H,1H3;;;/q-2;;;. The van der Waals surface area contributed by atoms with Crippen molar-refractivity contribution < 1.29 is 98.1 Å². The van der Waals surface area contributed by atoms with Crippen molar-refractivity contribution >= 4 is 10.8 Å². The smallest absolute Gasteiger partial charge is 0 e. The summed E-state index contributed by atoms with van der Waals surface area (Å²) in [4.78, 5) is 0. The minimum Gasteiger partial charge on any atom is -0.185 e. The Morgan fingerprint density at radius 2 is 1.71 bits per heavy atom. The van der Waals surface area contributed by atoms with Crippen molar-refractivity contribution in [3.63, 3.8) is 0 Å². The summed E-state index contributed by atoms with van der Waals surface area (Å²) in [5.74, 6) is 0. The molecule has 0 unspecified atom stereocenters. The van der Waals surface area contributed by atoms with Gasteiger partial charge in [0.05, 0.1) is 0 Å². The number of fused-ring (bicyclic) bond motifs is 1. The molecular weight excluding hydrogens is 399 g/mol. The Balaban J connectivity index is 0. The summed E-state index contributed by atoms with van der Waals surface area (Å²) in [6, 6.07) is 16.3. The zero-order chi connectivity index (χ0) is 7.68. The molecule has 0 aliphatic rings. The summed E-state index contributed by atoms with van der Waals surface area (Å²) in [5.41, 5.74) is 1.18. The van der Waals surface area contributed by atoms with Crippen LogP contribution in [0.4, 0.5) is 0 Å². The van der Waals surface area contributed by atoms with Crippen LogP contribution in [0, 0.1) is 19.1 Å². The van der Waals surface area contributed by atoms with Crippen LogP contribution in [0.2, 0.25) is 0 Å². The van der Waals surface area contributed by atoms with Crippen molar-refractivity contribution in [2.24, 2.45) is 0 Å². The molecule has 0 fully saturated rings. The molecule has 14 heavy (non-hydrogen) atoms. The molecule has 0 aliphatic heterocycles. The quantitative estimate of drug-likeness (QED) is 0.590. The molecule has 0 aromatic heterocycles. The molecule has 2 aromatic carbocycles. The van der Waals surface area contributed by atoms with E-state index in [1.807, 2.05) is 18.2 Å². The number of rotatable bonds is 0. The topological polar surface area (TPSA) is 0 Å². The second kappa shape index (κ2) is 9.08. The van der Waals surface area contributed by atoms with Gasteiger partial charge in [-0.2, -0.15) is 58.8 Å². The SMILES string of the molecule is Cc1[c-]cc2c[c-]ccc2c1.[Y].[Y].[Y]. The first-order valence-corrected chi connectivity index (χ1v) is 3.64. The first-order valence-electron chi connectivity index (χ1n) is 3.64. The Morgan fingerprint density at radius 3 is 2.43 bits per heavy atom. The maximum Gasteiger partial charge on any atom is 0 e. The molecule has 0 bridgehead atoms. The third-order valence-electron chi connectivity index (χ3n) is 1.76. The molecule has 63 valence electrons. The van der Waals surface area contributed by atoms with Gasteiger partial charge in [-0.15, -0.1) is 0 Å². The van der Waals surface area contributed by atoms with Crippen LogP contribution in [0.3, 0.4) is 0 Å². The Bertz CT molecular complexity index is 385. The van der Waals surface area contributed by atoms with Gasteiger partial charge >= 0.3 is 0 Å². The van der Waals surface area contributed by atoms with Crippen molar-refractivity contribution in [2.45, 2.75) is 6.92 Å². The molecule has 3 radical (unpaired) electrons. The van der Waals surface area contributed by atoms with Gasteiger partial charge in [0.1, 0.15) is 0 Å². The van der Waals surface area contributed by atoms with Crippen molar-refractivity contribution in [3.8, 4) is 0 Å². The first-order chi connectivity index (χ1) is 5.36. The molecule has 2 aromatic rings. The maximum absolute atomic E-state index is 3.15. The summed E-state index contributed by atoms with van der Waals surface area (Å²) >= 11 is 0. The summed E-state index contributed by atoms with van der Waals surface area (Å²) < 4.78 is 0. The van der Waals surface area contributed by atoms with Crippen LogP contribution in [0.25, 0.3) is 10.8 Å². The van der Waals surface area contributed by atoms with E-state index in [1.54, 1.807) is 0 Å². The number of benzene rings is 2. The molecule has 0 atom stereocenters. The maximum atomic E-state index is 3.15. The van der Waals surface area contributed by atoms with E-state index < -0.39 is 0 Å². The molecule has 0 nitrogen and oxygen atoms in total. The van der Waals surface area contributed by atoms with Crippen LogP contribution in [0.1, 0.15) is 5.56 Å². The van der Waals surface area contributed by atoms with Crippen LogP contribution in [-0.4, -0.2) is 0 Å². The van der Waals surface area contributed by atoms with E-state index in [1.165, 1.54) is 16.3 Å². The van der Waals surface area contributed by atoms with Crippen molar-refractivity contribution in [2.75, 3.05) is 0 Å². The Kier molecular flexibility index (Phi) is 11.9. The molecule has 0 aliphatic carbocycles. The van der Waals surface area contributed by atoms with Gasteiger partial charge in [-0.3, -0.25) is 0 Å². The third-order valence-corrected chi connectivity index (χ3v) is 1.76. The molecule has 2 rings (SSSR count). The van der Waals surface area contributed by atoms with Crippen LogP contribution >= 0.6 is 0 Å². The first kappa shape index (κ1) is 18.4. The molecule has 0 heterocycles. The Hall–Kier alpha value is 2.01. The third kappa shape index (κ3) is 4.90. The summed E-state index contributed by atoms with van der Waals surface area (Å²) in [6.45, 7) is 2.05. The molecule has 0 spiro atoms. The van der Waals surface area contributed by atoms with Gasteiger partial charge in [-0.1, -0.05) is 6.92 Å². The molecule has 0 saturated carbocycles. The fraction of sp³-hybridized carbons (Fsp3) is 0.0909. The normalized spacial score (nSPS) is 8.07. The predicted molar refractivity (Wildman–Crippen MR) is 46.4 cm³/mol. The van der Waals surface area contributed by atoms with E-state index in [-0.39, 0.29) is 98.1 Å². The molecule has 3 heteroatoms. The van der Waals surface area contributed by atoms with Crippen molar-refractivity contribution in [1.82, 2.24) is 0 Å². The number of hydrogen-bond donors (Lipinski definition) is 0. The van der Waals surface area contributed by atoms with E-state index in [2.05, 4.69) is 31.2 Å². The monoisotopic (exact) mass is 407 g/mol. The van der Waals surface area contributed by atoms with E-state index >= 15 is 0 Å². The van der Waals surface area contributed by atoms with Gasteiger partial charge in [0, 0.05) is 98.1 Å². The van der Waals surface area contributed by atoms with Crippen LogP contribution in [0.5, 0.6) is 0 Å². The van der Waals surface area contributed by atoms with Crippen molar-refractivity contribution in [3.05, 3.63) is 48.0 Å². The van der Waals surface area contributed by atoms with Gasteiger partial charge in [0.25, 0.3) is 0 Å². The van der Waals surface area contributed by atoms with E-state index in [0.717, 1.165) is 0 Å². The zero-order valence-corrected chi connectivity index (χ0v) is 16.6. The second-order valence-electron chi connectivity index (χ2n) is 2.67. The average Bonchev–Trinajstić information content (AvgIpc) is 2.04. The largest absolute Gasteiger partial charge is 0.185 e. The predicted octanol–water partition coefficient (Wildman–Crippen LogP) is 2.74. The molecule has 0 saturated heterocycles. The Labute approximate surface area is 161 Å². The van der Waals surface area contributed by atoms with Crippen molar-refractivity contribution in [1.29, 1.82) is 0 Å². The fourth-order valence-electron chi connectivity index (χ4n) is 1.18. The average molecular weight is 407 g/mol. The van der Waals surface area contributed by atoms with E-state index in [4.69, 9.17) is 0 Å². The minimum absolute atomic E-state index is 0. The van der Waals surface area contributed by atoms with Gasteiger partial charge < -0.3 is 0 Å².